The highest BCUT2D eigenvalue weighted by molar-refractivity contribution is 7.89. The number of ether oxygens (including phenoxy) is 2. The van der Waals surface area contributed by atoms with Crippen LogP contribution >= 0.6 is 0 Å². The van der Waals surface area contributed by atoms with Crippen molar-refractivity contribution < 1.29 is 27.1 Å². The van der Waals surface area contributed by atoms with Gasteiger partial charge < -0.3 is 13.9 Å². The number of aromatic nitrogens is 1. The molecule has 0 bridgehead atoms. The molecule has 4 rings (SSSR count). The summed E-state index contributed by atoms with van der Waals surface area (Å²) in [6, 6.07) is 13.7. The van der Waals surface area contributed by atoms with Gasteiger partial charge in [0.15, 0.2) is 0 Å². The van der Waals surface area contributed by atoms with Gasteiger partial charge in [0.25, 0.3) is 0 Å². The van der Waals surface area contributed by atoms with E-state index in [-0.39, 0.29) is 22.8 Å². The number of methoxy groups -OCH3 is 1. The summed E-state index contributed by atoms with van der Waals surface area (Å²) in [5.41, 5.74) is 1.35. The molecule has 0 spiro atoms. The number of carbonyl (C=O) groups excluding carboxylic acids is 1. The summed E-state index contributed by atoms with van der Waals surface area (Å²) in [7, 11) is -2.31. The molecule has 180 valence electrons. The first-order valence-corrected chi connectivity index (χ1v) is 12.7. The van der Waals surface area contributed by atoms with Gasteiger partial charge in [0.2, 0.25) is 15.9 Å². The first-order valence-electron chi connectivity index (χ1n) is 11.3. The average molecular weight is 485 g/mol. The zero-order chi connectivity index (χ0) is 24.1. The van der Waals surface area contributed by atoms with Crippen molar-refractivity contribution in [1.29, 1.82) is 0 Å². The molecule has 0 N–H and O–H groups in total. The summed E-state index contributed by atoms with van der Waals surface area (Å²) < 4.78 is 44.3. The Labute approximate surface area is 199 Å². The van der Waals surface area contributed by atoms with Gasteiger partial charge in [0.1, 0.15) is 29.4 Å². The van der Waals surface area contributed by atoms with Crippen molar-refractivity contribution in [1.82, 2.24) is 9.29 Å². The Morgan fingerprint density at radius 1 is 1.06 bits per heavy atom. The van der Waals surface area contributed by atoms with E-state index in [0.717, 1.165) is 31.2 Å². The third-order valence-corrected chi connectivity index (χ3v) is 7.74. The number of esters is 1. The van der Waals surface area contributed by atoms with Crippen LogP contribution in [0.25, 0.3) is 11.5 Å². The highest BCUT2D eigenvalue weighted by Gasteiger charge is 2.27. The predicted molar refractivity (Wildman–Crippen MR) is 126 cm³/mol. The van der Waals surface area contributed by atoms with Crippen LogP contribution in [0.15, 0.2) is 57.8 Å². The van der Waals surface area contributed by atoms with Gasteiger partial charge >= 0.3 is 5.97 Å². The Morgan fingerprint density at radius 2 is 1.76 bits per heavy atom. The van der Waals surface area contributed by atoms with Crippen molar-refractivity contribution in [3.63, 3.8) is 0 Å². The zero-order valence-electron chi connectivity index (χ0n) is 19.3. The van der Waals surface area contributed by atoms with E-state index in [9.17, 15) is 13.2 Å². The monoisotopic (exact) mass is 484 g/mol. The molecule has 0 radical (unpaired) electrons. The Balaban J connectivity index is 1.53. The SMILES string of the molecule is COc1ccc(S(=O)(=O)N2CCCCCC2)cc1C(=O)OCc1nc(-c2ccccc2)oc1C. The van der Waals surface area contributed by atoms with Gasteiger partial charge in [-0.3, -0.25) is 0 Å². The molecule has 0 saturated carbocycles. The molecule has 3 aromatic rings. The number of benzene rings is 2. The first-order chi connectivity index (χ1) is 16.4. The summed E-state index contributed by atoms with van der Waals surface area (Å²) in [5, 5.41) is 0. The molecule has 2 heterocycles. The summed E-state index contributed by atoms with van der Waals surface area (Å²) in [5.74, 6) is 0.512. The largest absolute Gasteiger partial charge is 0.496 e. The van der Waals surface area contributed by atoms with Crippen LogP contribution in [0.5, 0.6) is 5.75 Å². The van der Waals surface area contributed by atoms with Gasteiger partial charge in [-0.1, -0.05) is 31.0 Å². The van der Waals surface area contributed by atoms with Gasteiger partial charge in [0, 0.05) is 18.7 Å². The van der Waals surface area contributed by atoms with Gasteiger partial charge in [-0.15, -0.1) is 0 Å². The molecule has 34 heavy (non-hydrogen) atoms. The second-order valence-corrected chi connectivity index (χ2v) is 10.1. The van der Waals surface area contributed by atoms with E-state index in [1.54, 1.807) is 6.92 Å². The maximum absolute atomic E-state index is 13.2. The Hall–Kier alpha value is -3.17. The minimum Gasteiger partial charge on any atom is -0.496 e. The smallest absolute Gasteiger partial charge is 0.342 e. The lowest BCUT2D eigenvalue weighted by molar-refractivity contribution is 0.0463. The number of sulfonamides is 1. The molecule has 9 heteroatoms. The maximum Gasteiger partial charge on any atom is 0.342 e. The number of rotatable bonds is 7. The number of nitrogens with zero attached hydrogens (tertiary/aromatic N) is 2. The summed E-state index contributed by atoms with van der Waals surface area (Å²) in [6.45, 7) is 2.58. The third-order valence-electron chi connectivity index (χ3n) is 5.85. The number of carbonyl (C=O) groups is 1. The van der Waals surface area contributed by atoms with E-state index >= 15 is 0 Å². The molecule has 0 unspecified atom stereocenters. The van der Waals surface area contributed by atoms with Crippen LogP contribution < -0.4 is 4.74 Å². The van der Waals surface area contributed by atoms with Gasteiger partial charge in [-0.05, 0) is 50.1 Å². The van der Waals surface area contributed by atoms with Crippen LogP contribution in [-0.4, -0.2) is 43.9 Å². The van der Waals surface area contributed by atoms with Gasteiger partial charge in [-0.2, -0.15) is 4.31 Å². The molecule has 0 atom stereocenters. The van der Waals surface area contributed by atoms with Gasteiger partial charge in [0.05, 0.1) is 12.0 Å². The van der Waals surface area contributed by atoms with Crippen LogP contribution in [0.3, 0.4) is 0 Å². The van der Waals surface area contributed by atoms with Crippen LogP contribution in [0.1, 0.15) is 47.5 Å². The maximum atomic E-state index is 13.2. The van der Waals surface area contributed by atoms with Crippen LogP contribution in [-0.2, 0) is 21.4 Å². The molecular formula is C25H28N2O6S. The van der Waals surface area contributed by atoms with Crippen LogP contribution in [0.2, 0.25) is 0 Å². The van der Waals surface area contributed by atoms with E-state index in [2.05, 4.69) is 4.98 Å². The normalized spacial score (nSPS) is 15.0. The number of aryl methyl sites for hydroxylation is 1. The highest BCUT2D eigenvalue weighted by atomic mass is 32.2. The van der Waals surface area contributed by atoms with E-state index in [4.69, 9.17) is 13.9 Å². The molecule has 1 saturated heterocycles. The predicted octanol–water partition coefficient (Wildman–Crippen LogP) is 4.58. The fraction of sp³-hybridized carbons (Fsp3) is 0.360. The number of hydrogen-bond acceptors (Lipinski definition) is 7. The van der Waals surface area contributed by atoms with Crippen molar-refractivity contribution in [2.75, 3.05) is 20.2 Å². The molecule has 1 aromatic heterocycles. The van der Waals surface area contributed by atoms with Crippen LogP contribution in [0.4, 0.5) is 0 Å². The molecule has 1 fully saturated rings. The molecule has 1 aliphatic heterocycles. The Bertz CT molecular complexity index is 1250. The lowest BCUT2D eigenvalue weighted by Gasteiger charge is -2.20. The van der Waals surface area contributed by atoms with E-state index in [0.29, 0.717) is 30.4 Å². The first kappa shape index (κ1) is 24.0. The molecule has 0 aliphatic carbocycles. The standard InChI is InChI=1S/C25H28N2O6S/c1-18-22(26-24(33-18)19-10-6-5-7-11-19)17-32-25(28)21-16-20(12-13-23(21)31-2)34(29,30)27-14-8-3-4-9-15-27/h5-7,10-13,16H,3-4,8-9,14-15,17H2,1-2H3. The number of oxazole rings is 1. The van der Waals surface area contributed by atoms with E-state index in [1.165, 1.54) is 29.6 Å². The Kier molecular flexibility index (Phi) is 7.33. The quantitative estimate of drug-likeness (QED) is 0.453. The minimum absolute atomic E-state index is 0.0443. The molecule has 0 amide bonds. The lowest BCUT2D eigenvalue weighted by atomic mass is 10.2. The van der Waals surface area contributed by atoms with Crippen molar-refractivity contribution >= 4 is 16.0 Å². The van der Waals surface area contributed by atoms with Crippen molar-refractivity contribution in [3.05, 3.63) is 65.5 Å². The van der Waals surface area contributed by atoms with Crippen molar-refractivity contribution in [2.45, 2.75) is 44.1 Å². The minimum atomic E-state index is -3.72. The van der Waals surface area contributed by atoms with E-state index < -0.39 is 16.0 Å². The lowest BCUT2D eigenvalue weighted by Crippen LogP contribution is -2.32. The Morgan fingerprint density at radius 3 is 2.44 bits per heavy atom. The molecule has 2 aromatic carbocycles. The van der Waals surface area contributed by atoms with Crippen LogP contribution in [0, 0.1) is 6.92 Å². The van der Waals surface area contributed by atoms with E-state index in [1.807, 2.05) is 30.3 Å². The highest BCUT2D eigenvalue weighted by Crippen LogP contribution is 2.28. The average Bonchev–Trinajstić information content (AvgIpc) is 3.04. The molecule has 8 nitrogen and oxygen atoms in total. The zero-order valence-corrected chi connectivity index (χ0v) is 20.1. The topological polar surface area (TPSA) is 98.9 Å². The fourth-order valence-electron chi connectivity index (χ4n) is 3.92. The second-order valence-electron chi connectivity index (χ2n) is 8.14. The summed E-state index contributed by atoms with van der Waals surface area (Å²) in [6.07, 6.45) is 3.68. The van der Waals surface area contributed by atoms with Crippen molar-refractivity contribution in [3.8, 4) is 17.2 Å². The second kappa shape index (κ2) is 10.4. The van der Waals surface area contributed by atoms with Crippen molar-refractivity contribution in [2.24, 2.45) is 0 Å². The third kappa shape index (κ3) is 5.15. The summed E-state index contributed by atoms with van der Waals surface area (Å²) >= 11 is 0. The summed E-state index contributed by atoms with van der Waals surface area (Å²) in [4.78, 5) is 17.4. The molecular weight excluding hydrogens is 456 g/mol. The number of hydrogen-bond donors (Lipinski definition) is 0. The molecule has 1 aliphatic rings. The fourth-order valence-corrected chi connectivity index (χ4v) is 5.46. The van der Waals surface area contributed by atoms with Gasteiger partial charge in [-0.25, -0.2) is 18.2 Å².